The van der Waals surface area contributed by atoms with Crippen LogP contribution in [0, 0.1) is 11.3 Å². The van der Waals surface area contributed by atoms with Gasteiger partial charge in [-0.2, -0.15) is 5.26 Å². The normalized spacial score (nSPS) is 12.3. The van der Waals surface area contributed by atoms with E-state index in [1.165, 1.54) is 0 Å². The maximum absolute atomic E-state index is 14.2. The van der Waals surface area contributed by atoms with Gasteiger partial charge in [-0.15, -0.1) is 0 Å². The molecule has 0 saturated carbocycles. The van der Waals surface area contributed by atoms with Gasteiger partial charge in [-0.25, -0.2) is 0 Å². The van der Waals surface area contributed by atoms with Crippen molar-refractivity contribution in [2.24, 2.45) is 0 Å². The number of hydrogen-bond acceptors (Lipinski definition) is 2. The number of nitrogens with zero attached hydrogens (tertiary/aromatic N) is 1. The highest BCUT2D eigenvalue weighted by Gasteiger charge is 2.38. The first kappa shape index (κ1) is 16.5. The molecule has 0 saturated heterocycles. The molecule has 0 bridgehead atoms. The molecule has 0 aliphatic rings. The molecule has 4 heteroatoms. The van der Waals surface area contributed by atoms with Gasteiger partial charge in [0.1, 0.15) is 5.66 Å². The van der Waals surface area contributed by atoms with Crippen LogP contribution in [0.4, 0.5) is 0 Å². The number of benzene rings is 3. The molecule has 118 valence electrons. The van der Waals surface area contributed by atoms with Crippen molar-refractivity contribution in [2.45, 2.75) is 5.66 Å². The molecule has 24 heavy (non-hydrogen) atoms. The van der Waals surface area contributed by atoms with E-state index in [4.69, 9.17) is 11.6 Å². The van der Waals surface area contributed by atoms with Gasteiger partial charge < -0.3 is 4.57 Å². The Hall–Kier alpha value is -2.33. The van der Waals surface area contributed by atoms with Crippen LogP contribution in [0.5, 0.6) is 0 Å². The minimum absolute atomic E-state index is 0.528. The molecule has 3 aromatic rings. The Morgan fingerprint density at radius 2 is 1.38 bits per heavy atom. The molecule has 0 aliphatic carbocycles. The fourth-order valence-corrected chi connectivity index (χ4v) is 5.85. The van der Waals surface area contributed by atoms with Crippen molar-refractivity contribution in [1.29, 1.82) is 5.26 Å². The first-order valence-electron chi connectivity index (χ1n) is 7.52. The van der Waals surface area contributed by atoms with E-state index in [9.17, 15) is 9.83 Å². The number of halogens is 1. The zero-order valence-electron chi connectivity index (χ0n) is 12.8. The lowest BCUT2D eigenvalue weighted by molar-refractivity contribution is 0.584. The lowest BCUT2D eigenvalue weighted by Crippen LogP contribution is -2.20. The first-order chi connectivity index (χ1) is 11.7. The van der Waals surface area contributed by atoms with Crippen molar-refractivity contribution < 1.29 is 4.57 Å². The topological polar surface area (TPSA) is 40.9 Å². The third-order valence-corrected chi connectivity index (χ3v) is 7.44. The summed E-state index contributed by atoms with van der Waals surface area (Å²) >= 11 is 6.09. The van der Waals surface area contributed by atoms with E-state index in [-0.39, 0.29) is 0 Å². The first-order valence-corrected chi connectivity index (χ1v) is 9.67. The van der Waals surface area contributed by atoms with Crippen molar-refractivity contribution in [3.05, 3.63) is 95.5 Å². The second-order valence-electron chi connectivity index (χ2n) is 5.42. The molecule has 0 aliphatic heterocycles. The fraction of sp³-hybridized carbons (Fsp3) is 0.0500. The van der Waals surface area contributed by atoms with E-state index in [0.29, 0.717) is 21.2 Å². The van der Waals surface area contributed by atoms with E-state index >= 15 is 0 Å². The summed E-state index contributed by atoms with van der Waals surface area (Å²) in [6.45, 7) is 0. The molecular weight excluding hydrogens is 337 g/mol. The van der Waals surface area contributed by atoms with Crippen molar-refractivity contribution >= 4 is 29.4 Å². The molecule has 0 heterocycles. The molecule has 3 rings (SSSR count). The van der Waals surface area contributed by atoms with Crippen molar-refractivity contribution in [2.75, 3.05) is 0 Å². The highest BCUT2D eigenvalue weighted by molar-refractivity contribution is 7.79. The maximum Gasteiger partial charge on any atom is 0.163 e. The molecule has 0 radical (unpaired) electrons. The molecule has 2 nitrogen and oxygen atoms in total. The van der Waals surface area contributed by atoms with E-state index in [1.54, 1.807) is 24.3 Å². The molecule has 3 aromatic carbocycles. The second-order valence-corrected chi connectivity index (χ2v) is 8.72. The SMILES string of the molecule is N#CC(c1cccc(Cl)c1)P(=O)(c1ccccc1)c1ccccc1. The van der Waals surface area contributed by atoms with Crippen molar-refractivity contribution in [3.8, 4) is 6.07 Å². The van der Waals surface area contributed by atoms with Crippen LogP contribution in [-0.4, -0.2) is 0 Å². The fourth-order valence-electron chi connectivity index (χ4n) is 2.79. The molecular formula is C20H15ClNOP. The average Bonchev–Trinajstić information content (AvgIpc) is 2.64. The van der Waals surface area contributed by atoms with E-state index < -0.39 is 12.8 Å². The lowest BCUT2D eigenvalue weighted by Gasteiger charge is -2.24. The maximum atomic E-state index is 14.2. The number of hydrogen-bond donors (Lipinski definition) is 0. The van der Waals surface area contributed by atoms with Crippen LogP contribution < -0.4 is 10.6 Å². The number of rotatable bonds is 4. The molecule has 0 fully saturated rings. The minimum Gasteiger partial charge on any atom is -0.312 e. The Bertz CT molecular complexity index is 876. The summed E-state index contributed by atoms with van der Waals surface area (Å²) in [5, 5.41) is 11.7. The van der Waals surface area contributed by atoms with Crippen LogP contribution in [0.3, 0.4) is 0 Å². The summed E-state index contributed by atoms with van der Waals surface area (Å²) in [7, 11) is -3.20. The quantitative estimate of drug-likeness (QED) is 0.626. The monoisotopic (exact) mass is 351 g/mol. The predicted molar refractivity (Wildman–Crippen MR) is 99.6 cm³/mol. The van der Waals surface area contributed by atoms with E-state index in [1.807, 2.05) is 60.7 Å². The van der Waals surface area contributed by atoms with Crippen molar-refractivity contribution in [3.63, 3.8) is 0 Å². The highest BCUT2D eigenvalue weighted by Crippen LogP contribution is 2.56. The summed E-state index contributed by atoms with van der Waals surface area (Å²) < 4.78 is 14.2. The summed E-state index contributed by atoms with van der Waals surface area (Å²) in [5.41, 5.74) is -0.123. The standard InChI is InChI=1S/C20H15ClNOP/c21-17-9-7-8-16(14-17)20(15-22)24(23,18-10-3-1-4-11-18)19-12-5-2-6-13-19/h1-14,20H. The smallest absolute Gasteiger partial charge is 0.163 e. The van der Waals surface area contributed by atoms with Gasteiger partial charge in [0.25, 0.3) is 0 Å². The number of nitriles is 1. The van der Waals surface area contributed by atoms with Gasteiger partial charge in [0.15, 0.2) is 7.14 Å². The second kappa shape index (κ2) is 7.05. The molecule has 0 aromatic heterocycles. The van der Waals surface area contributed by atoms with Crippen molar-refractivity contribution in [1.82, 2.24) is 0 Å². The van der Waals surface area contributed by atoms with Gasteiger partial charge in [0, 0.05) is 15.6 Å². The van der Waals surface area contributed by atoms with Gasteiger partial charge in [-0.1, -0.05) is 84.4 Å². The zero-order valence-corrected chi connectivity index (χ0v) is 14.5. The third kappa shape index (κ3) is 3.02. The predicted octanol–water partition coefficient (Wildman–Crippen LogP) is 4.92. The Kier molecular flexibility index (Phi) is 4.86. The molecule has 0 N–H and O–H groups in total. The largest absolute Gasteiger partial charge is 0.312 e. The Balaban J connectivity index is 2.26. The average molecular weight is 352 g/mol. The Morgan fingerprint density at radius 1 is 0.833 bits per heavy atom. The highest BCUT2D eigenvalue weighted by atomic mass is 35.5. The molecule has 0 amide bonds. The molecule has 0 spiro atoms. The minimum atomic E-state index is -3.20. The van der Waals surface area contributed by atoms with Crippen LogP contribution in [0.25, 0.3) is 0 Å². The van der Waals surface area contributed by atoms with Gasteiger partial charge in [0.2, 0.25) is 0 Å². The van der Waals surface area contributed by atoms with Gasteiger partial charge in [-0.3, -0.25) is 0 Å². The van der Waals surface area contributed by atoms with Crippen LogP contribution in [0.2, 0.25) is 5.02 Å². The van der Waals surface area contributed by atoms with E-state index in [0.717, 1.165) is 0 Å². The zero-order chi connectivity index (χ0) is 17.0. The summed E-state index contributed by atoms with van der Waals surface area (Å²) in [6, 6.07) is 27.7. The van der Waals surface area contributed by atoms with Crippen LogP contribution in [0.1, 0.15) is 11.2 Å². The van der Waals surface area contributed by atoms with Crippen LogP contribution in [0.15, 0.2) is 84.9 Å². The Labute approximate surface area is 146 Å². The summed E-state index contributed by atoms with van der Waals surface area (Å²) in [6.07, 6.45) is 0. The summed E-state index contributed by atoms with van der Waals surface area (Å²) in [4.78, 5) is 0. The van der Waals surface area contributed by atoms with Gasteiger partial charge in [-0.05, 0) is 17.7 Å². The van der Waals surface area contributed by atoms with Gasteiger partial charge in [0.05, 0.1) is 6.07 Å². The molecule has 1 atom stereocenters. The van der Waals surface area contributed by atoms with Gasteiger partial charge >= 0.3 is 0 Å². The summed E-state index contributed by atoms with van der Waals surface area (Å²) in [5.74, 6) is 0. The van der Waals surface area contributed by atoms with Crippen LogP contribution >= 0.6 is 18.7 Å². The molecule has 1 unspecified atom stereocenters. The Morgan fingerprint density at radius 3 is 1.83 bits per heavy atom. The van der Waals surface area contributed by atoms with Crippen LogP contribution in [-0.2, 0) is 4.57 Å². The third-order valence-electron chi connectivity index (χ3n) is 3.93. The lowest BCUT2D eigenvalue weighted by atomic mass is 10.2. The van der Waals surface area contributed by atoms with E-state index in [2.05, 4.69) is 6.07 Å².